The number of hydrogen-bond acceptors (Lipinski definition) is 13. The Morgan fingerprint density at radius 2 is 0.950 bits per heavy atom. The second kappa shape index (κ2) is 46.1. The van der Waals surface area contributed by atoms with Crippen LogP contribution in [0.5, 0.6) is 11.5 Å². The van der Waals surface area contributed by atoms with E-state index in [2.05, 4.69) is 13.8 Å². The summed E-state index contributed by atoms with van der Waals surface area (Å²) >= 11 is 0. The van der Waals surface area contributed by atoms with E-state index in [-0.39, 0.29) is 80.1 Å². The first-order valence-corrected chi connectivity index (χ1v) is 32.1. The monoisotopic (exact) mass is 1120 g/mol. The van der Waals surface area contributed by atoms with Crippen LogP contribution in [0.15, 0.2) is 11.6 Å². The van der Waals surface area contributed by atoms with Gasteiger partial charge in [0.15, 0.2) is 11.9 Å². The highest BCUT2D eigenvalue weighted by atomic mass is 16.6. The SMILES string of the molecule is CCCCCCCCCCCCCCCC(=O)OCC(COC(=O)CCCCCCCCCCCCCCC)OC(=O)CC(C)CCCCCCC(C)CC(=O)Oc1c(C/C=C(\C)CCC(=O)OC)c(OC)c(C)c2c1C(=O)OC2. The van der Waals surface area contributed by atoms with Crippen molar-refractivity contribution in [1.29, 1.82) is 0 Å². The van der Waals surface area contributed by atoms with Crippen LogP contribution in [0.4, 0.5) is 0 Å². The molecule has 2 unspecified atom stereocenters. The number of hydrogen-bond donors (Lipinski definition) is 0. The average molecular weight is 1130 g/mol. The van der Waals surface area contributed by atoms with Gasteiger partial charge in [0.05, 0.1) is 14.2 Å². The fourth-order valence-electron chi connectivity index (χ4n) is 10.6. The van der Waals surface area contributed by atoms with Gasteiger partial charge in [-0.3, -0.25) is 24.0 Å². The van der Waals surface area contributed by atoms with E-state index >= 15 is 0 Å². The summed E-state index contributed by atoms with van der Waals surface area (Å²) in [5.41, 5.74) is 3.19. The van der Waals surface area contributed by atoms with Gasteiger partial charge in [-0.2, -0.15) is 0 Å². The number of cyclic esters (lactones) is 1. The molecule has 0 bridgehead atoms. The van der Waals surface area contributed by atoms with Gasteiger partial charge in [0.25, 0.3) is 0 Å². The Bertz CT molecular complexity index is 1880. The van der Waals surface area contributed by atoms with Crippen LogP contribution in [0.25, 0.3) is 0 Å². The molecule has 0 fully saturated rings. The molecule has 0 saturated carbocycles. The molecule has 1 aliphatic rings. The van der Waals surface area contributed by atoms with Crippen LogP contribution in [-0.2, 0) is 60.7 Å². The van der Waals surface area contributed by atoms with Crippen LogP contribution in [0.3, 0.4) is 0 Å². The summed E-state index contributed by atoms with van der Waals surface area (Å²) in [5.74, 6) is -1.51. The molecule has 2 atom stereocenters. The number of carbonyl (C=O) groups excluding carboxylic acids is 6. The van der Waals surface area contributed by atoms with Gasteiger partial charge in [0.2, 0.25) is 0 Å². The molecular formula is C67H112O13. The molecule has 0 N–H and O–H groups in total. The van der Waals surface area contributed by atoms with E-state index in [0.717, 1.165) is 88.2 Å². The maximum absolute atomic E-state index is 13.5. The summed E-state index contributed by atoms with van der Waals surface area (Å²) in [6.07, 6.45) is 40.4. The molecule has 13 heteroatoms. The van der Waals surface area contributed by atoms with Gasteiger partial charge in [0, 0.05) is 43.2 Å². The molecule has 1 aromatic rings. The van der Waals surface area contributed by atoms with E-state index < -0.39 is 24.0 Å². The smallest absolute Gasteiger partial charge is 0.342 e. The van der Waals surface area contributed by atoms with Crippen LogP contribution in [-0.4, -0.2) is 69.4 Å². The Morgan fingerprint density at radius 1 is 0.525 bits per heavy atom. The molecule has 2 rings (SSSR count). The van der Waals surface area contributed by atoms with Crippen molar-refractivity contribution >= 4 is 35.8 Å². The van der Waals surface area contributed by atoms with Crippen molar-refractivity contribution in [2.24, 2.45) is 11.8 Å². The summed E-state index contributed by atoms with van der Waals surface area (Å²) in [6.45, 7) is 12.1. The minimum atomic E-state index is -0.865. The maximum atomic E-state index is 13.5. The van der Waals surface area contributed by atoms with Gasteiger partial charge < -0.3 is 33.2 Å². The largest absolute Gasteiger partial charge is 0.496 e. The van der Waals surface area contributed by atoms with E-state index in [1.165, 1.54) is 136 Å². The van der Waals surface area contributed by atoms with Crippen molar-refractivity contribution in [3.8, 4) is 11.5 Å². The first-order chi connectivity index (χ1) is 38.7. The highest BCUT2D eigenvalue weighted by Crippen LogP contribution is 2.43. The first-order valence-electron chi connectivity index (χ1n) is 32.1. The quantitative estimate of drug-likeness (QED) is 0.0199. The third kappa shape index (κ3) is 33.5. The highest BCUT2D eigenvalue weighted by Gasteiger charge is 2.34. The lowest BCUT2D eigenvalue weighted by Gasteiger charge is -2.20. The number of carbonyl (C=O) groups is 6. The van der Waals surface area contributed by atoms with Crippen molar-refractivity contribution in [2.45, 2.75) is 305 Å². The van der Waals surface area contributed by atoms with Crippen LogP contribution in [0, 0.1) is 18.8 Å². The average Bonchev–Trinajstić information content (AvgIpc) is 3.83. The Balaban J connectivity index is 1.80. The molecule has 80 heavy (non-hydrogen) atoms. The van der Waals surface area contributed by atoms with Gasteiger partial charge in [-0.15, -0.1) is 0 Å². The zero-order chi connectivity index (χ0) is 58.6. The van der Waals surface area contributed by atoms with Crippen molar-refractivity contribution in [1.82, 2.24) is 0 Å². The molecule has 1 heterocycles. The Labute approximate surface area is 485 Å². The Morgan fingerprint density at radius 3 is 1.39 bits per heavy atom. The van der Waals surface area contributed by atoms with Crippen LogP contribution in [0.2, 0.25) is 0 Å². The van der Waals surface area contributed by atoms with Crippen LogP contribution < -0.4 is 9.47 Å². The zero-order valence-electron chi connectivity index (χ0n) is 51.8. The number of benzene rings is 1. The molecule has 1 aliphatic heterocycles. The lowest BCUT2D eigenvalue weighted by molar-refractivity contribution is -0.167. The van der Waals surface area contributed by atoms with Crippen molar-refractivity contribution in [2.75, 3.05) is 27.4 Å². The minimum Gasteiger partial charge on any atom is -0.496 e. The fourth-order valence-corrected chi connectivity index (χ4v) is 10.6. The molecule has 458 valence electrons. The number of unbranched alkanes of at least 4 members (excludes halogenated alkanes) is 27. The molecule has 0 aliphatic carbocycles. The normalized spacial score (nSPS) is 13.0. The second-order valence-corrected chi connectivity index (χ2v) is 23.3. The number of ether oxygens (including phenoxy) is 7. The third-order valence-electron chi connectivity index (χ3n) is 15.7. The van der Waals surface area contributed by atoms with Gasteiger partial charge in [0.1, 0.15) is 31.1 Å². The molecule has 13 nitrogen and oxygen atoms in total. The lowest BCUT2D eigenvalue weighted by Crippen LogP contribution is -2.31. The number of rotatable bonds is 51. The zero-order valence-corrected chi connectivity index (χ0v) is 51.8. The number of methoxy groups -OCH3 is 2. The van der Waals surface area contributed by atoms with Gasteiger partial charge in [-0.1, -0.05) is 232 Å². The molecule has 0 radical (unpaired) electrons. The summed E-state index contributed by atoms with van der Waals surface area (Å²) in [7, 11) is 2.91. The Kier molecular flexibility index (Phi) is 41.3. The molecule has 0 saturated heterocycles. The maximum Gasteiger partial charge on any atom is 0.342 e. The molecular weight excluding hydrogens is 1010 g/mol. The van der Waals surface area contributed by atoms with Gasteiger partial charge in [-0.25, -0.2) is 4.79 Å². The fraction of sp³-hybridized carbons (Fsp3) is 0.791. The van der Waals surface area contributed by atoms with Gasteiger partial charge >= 0.3 is 35.8 Å². The minimum absolute atomic E-state index is 0.0392. The van der Waals surface area contributed by atoms with Crippen LogP contribution in [0.1, 0.15) is 306 Å². The van der Waals surface area contributed by atoms with Crippen LogP contribution >= 0.6 is 0 Å². The van der Waals surface area contributed by atoms with E-state index in [1.807, 2.05) is 33.8 Å². The number of allylic oxidation sites excluding steroid dienone is 2. The van der Waals surface area contributed by atoms with E-state index in [9.17, 15) is 28.8 Å². The highest BCUT2D eigenvalue weighted by molar-refractivity contribution is 5.99. The molecule has 0 aromatic heterocycles. The van der Waals surface area contributed by atoms with Gasteiger partial charge in [-0.05, 0) is 56.9 Å². The standard InChI is InChI=1S/C67H112O13/c1-9-11-13-15-17-19-21-23-25-27-29-31-37-41-60(69)76-49-56(50-77-61(70)42-38-32-30-28-26-24-22-20-18-16-14-12-10-2)79-62(71)47-53(4)39-35-33-34-36-40-54(5)48-63(72)80-66-57(45-43-52(3)44-46-59(68)74-7)65(75-8)55(6)58-51-78-67(73)64(58)66/h43,53-54,56H,9-42,44-51H2,1-8H3/b52-43+. The van der Waals surface area contributed by atoms with Crippen molar-refractivity contribution in [3.63, 3.8) is 0 Å². The number of fused-ring (bicyclic) bond motifs is 1. The van der Waals surface area contributed by atoms with E-state index in [4.69, 9.17) is 33.2 Å². The lowest BCUT2D eigenvalue weighted by atomic mass is 9.94. The third-order valence-corrected chi connectivity index (χ3v) is 15.7. The molecule has 1 aromatic carbocycles. The molecule has 0 spiro atoms. The summed E-state index contributed by atoms with van der Waals surface area (Å²) in [5, 5.41) is 0. The van der Waals surface area contributed by atoms with Crippen molar-refractivity contribution in [3.05, 3.63) is 33.9 Å². The summed E-state index contributed by atoms with van der Waals surface area (Å²) in [4.78, 5) is 77.0. The molecule has 0 amide bonds. The predicted octanol–water partition coefficient (Wildman–Crippen LogP) is 17.4. The predicted molar refractivity (Wildman–Crippen MR) is 319 cm³/mol. The van der Waals surface area contributed by atoms with E-state index in [0.29, 0.717) is 42.6 Å². The summed E-state index contributed by atoms with van der Waals surface area (Å²) < 4.78 is 39.0. The van der Waals surface area contributed by atoms with Crippen molar-refractivity contribution < 1.29 is 61.9 Å². The topological polar surface area (TPSA) is 167 Å². The van der Waals surface area contributed by atoms with E-state index in [1.54, 1.807) is 7.11 Å². The second-order valence-electron chi connectivity index (χ2n) is 23.3. The summed E-state index contributed by atoms with van der Waals surface area (Å²) in [6, 6.07) is 0. The number of esters is 6. The Hall–Kier alpha value is -4.42. The first kappa shape index (κ1) is 71.7.